The molecule has 0 radical (unpaired) electrons. The Kier molecular flexibility index (Phi) is 6.97. The van der Waals surface area contributed by atoms with Gasteiger partial charge in [0.25, 0.3) is 0 Å². The molecule has 0 aliphatic carbocycles. The number of nitrogens with one attached hydrogen (secondary N) is 2. The second-order valence-electron chi connectivity index (χ2n) is 5.07. The van der Waals surface area contributed by atoms with Gasteiger partial charge in [-0.25, -0.2) is 9.89 Å². The van der Waals surface area contributed by atoms with E-state index in [9.17, 15) is 14.7 Å². The van der Waals surface area contributed by atoms with Crippen LogP contribution in [0.25, 0.3) is 0 Å². The summed E-state index contributed by atoms with van der Waals surface area (Å²) in [6.07, 6.45) is 2.17. The quantitative estimate of drug-likeness (QED) is 0.444. The fraction of sp³-hybridized carbons (Fsp3) is 0.769. The van der Waals surface area contributed by atoms with Crippen LogP contribution in [0.5, 0.6) is 0 Å². The van der Waals surface area contributed by atoms with Crippen LogP contribution in [-0.4, -0.2) is 43.7 Å². The smallest absolute Gasteiger partial charge is 0.343 e. The van der Waals surface area contributed by atoms with Gasteiger partial charge in [0.15, 0.2) is 5.16 Å². The molecule has 0 aliphatic heterocycles. The molecule has 0 spiro atoms. The Labute approximate surface area is 128 Å². The van der Waals surface area contributed by atoms with E-state index in [1.54, 1.807) is 11.5 Å². The Morgan fingerprint density at radius 1 is 1.52 bits per heavy atom. The van der Waals surface area contributed by atoms with Crippen molar-refractivity contribution in [2.24, 2.45) is 0 Å². The molecule has 0 amide bonds. The van der Waals surface area contributed by atoms with E-state index in [4.69, 9.17) is 0 Å². The molecule has 1 atom stereocenters. The van der Waals surface area contributed by atoms with Gasteiger partial charge in [0.1, 0.15) is 5.54 Å². The largest absolute Gasteiger partial charge is 0.480 e. The molecule has 0 saturated carbocycles. The van der Waals surface area contributed by atoms with Gasteiger partial charge in [0.2, 0.25) is 0 Å². The first-order valence-electron chi connectivity index (χ1n) is 7.21. The third-order valence-electron chi connectivity index (χ3n) is 3.33. The van der Waals surface area contributed by atoms with Gasteiger partial charge in [-0.15, -0.1) is 5.10 Å². The van der Waals surface area contributed by atoms with Crippen LogP contribution in [0, 0.1) is 0 Å². The standard InChI is InChI=1S/C13H24N4O3S/c1-4-8-14-13(3,10(18)19)7-6-9-21-12-16-15-11(20)17(12)5-2/h14H,4-9H2,1-3H3,(H,15,20)(H,18,19). The van der Waals surface area contributed by atoms with Gasteiger partial charge in [0, 0.05) is 12.3 Å². The SMILES string of the molecule is CCCNC(C)(CCCSc1n[nH]c(=O)n1CC)C(=O)O. The number of nitrogens with zero attached hydrogens (tertiary/aromatic N) is 2. The van der Waals surface area contributed by atoms with Crippen molar-refractivity contribution in [3.8, 4) is 0 Å². The van der Waals surface area contributed by atoms with Crippen LogP contribution in [0.3, 0.4) is 0 Å². The average molecular weight is 316 g/mol. The van der Waals surface area contributed by atoms with Crippen molar-refractivity contribution in [2.75, 3.05) is 12.3 Å². The van der Waals surface area contributed by atoms with Crippen LogP contribution >= 0.6 is 11.8 Å². The highest BCUT2D eigenvalue weighted by molar-refractivity contribution is 7.99. The zero-order chi connectivity index (χ0) is 15.9. The van der Waals surface area contributed by atoms with E-state index in [0.717, 1.165) is 18.6 Å². The molecular formula is C13H24N4O3S. The number of carboxylic acids is 1. The van der Waals surface area contributed by atoms with Gasteiger partial charge < -0.3 is 10.4 Å². The van der Waals surface area contributed by atoms with E-state index in [2.05, 4.69) is 15.5 Å². The summed E-state index contributed by atoms with van der Waals surface area (Å²) in [6.45, 7) is 6.86. The van der Waals surface area contributed by atoms with Crippen molar-refractivity contribution >= 4 is 17.7 Å². The lowest BCUT2D eigenvalue weighted by atomic mass is 9.96. The number of H-pyrrole nitrogens is 1. The van der Waals surface area contributed by atoms with Crippen molar-refractivity contribution in [3.63, 3.8) is 0 Å². The summed E-state index contributed by atoms with van der Waals surface area (Å²) in [7, 11) is 0. The Balaban J connectivity index is 2.47. The molecule has 8 heteroatoms. The van der Waals surface area contributed by atoms with E-state index in [0.29, 0.717) is 24.7 Å². The second kappa shape index (κ2) is 8.23. The molecule has 3 N–H and O–H groups in total. The molecule has 120 valence electrons. The summed E-state index contributed by atoms with van der Waals surface area (Å²) < 4.78 is 1.57. The highest BCUT2D eigenvalue weighted by Gasteiger charge is 2.31. The summed E-state index contributed by atoms with van der Waals surface area (Å²) in [4.78, 5) is 22.8. The first-order chi connectivity index (χ1) is 9.94. The molecule has 1 heterocycles. The van der Waals surface area contributed by atoms with Crippen LogP contribution in [0.15, 0.2) is 9.95 Å². The molecule has 0 fully saturated rings. The Morgan fingerprint density at radius 2 is 2.24 bits per heavy atom. The van der Waals surface area contributed by atoms with Crippen molar-refractivity contribution in [1.29, 1.82) is 0 Å². The lowest BCUT2D eigenvalue weighted by Gasteiger charge is -2.26. The van der Waals surface area contributed by atoms with E-state index in [1.165, 1.54) is 11.8 Å². The number of aromatic nitrogens is 3. The highest BCUT2D eigenvalue weighted by atomic mass is 32.2. The number of rotatable bonds is 10. The highest BCUT2D eigenvalue weighted by Crippen LogP contribution is 2.19. The first kappa shape index (κ1) is 17.8. The van der Waals surface area contributed by atoms with Crippen LogP contribution in [0.2, 0.25) is 0 Å². The van der Waals surface area contributed by atoms with Gasteiger partial charge in [-0.2, -0.15) is 0 Å². The Bertz CT molecular complexity index is 514. The molecule has 1 aromatic heterocycles. The topological polar surface area (TPSA) is 100 Å². The lowest BCUT2D eigenvalue weighted by Crippen LogP contribution is -2.49. The third kappa shape index (κ3) is 4.89. The van der Waals surface area contributed by atoms with Crippen LogP contribution in [0.4, 0.5) is 0 Å². The molecule has 1 aromatic rings. The first-order valence-corrected chi connectivity index (χ1v) is 8.19. The van der Waals surface area contributed by atoms with Gasteiger partial charge in [-0.05, 0) is 39.7 Å². The van der Waals surface area contributed by atoms with Crippen LogP contribution < -0.4 is 11.0 Å². The maximum absolute atomic E-state index is 11.4. The number of carboxylic acid groups (broad SMARTS) is 1. The molecule has 0 bridgehead atoms. The van der Waals surface area contributed by atoms with Crippen molar-refractivity contribution < 1.29 is 9.90 Å². The third-order valence-corrected chi connectivity index (χ3v) is 4.39. The van der Waals surface area contributed by atoms with Crippen molar-refractivity contribution in [2.45, 2.75) is 57.3 Å². The molecule has 7 nitrogen and oxygen atoms in total. The minimum atomic E-state index is -0.896. The monoisotopic (exact) mass is 316 g/mol. The molecule has 21 heavy (non-hydrogen) atoms. The normalized spacial score (nSPS) is 14.0. The fourth-order valence-electron chi connectivity index (χ4n) is 1.95. The summed E-state index contributed by atoms with van der Waals surface area (Å²) in [5.74, 6) is -0.104. The second-order valence-corrected chi connectivity index (χ2v) is 6.13. The number of aromatic amines is 1. The Morgan fingerprint density at radius 3 is 2.81 bits per heavy atom. The fourth-order valence-corrected chi connectivity index (χ4v) is 2.90. The maximum Gasteiger partial charge on any atom is 0.343 e. The Hall–Kier alpha value is -1.28. The zero-order valence-corrected chi connectivity index (χ0v) is 13.6. The molecule has 1 rings (SSSR count). The van der Waals surface area contributed by atoms with E-state index < -0.39 is 11.5 Å². The lowest BCUT2D eigenvalue weighted by molar-refractivity contribution is -0.144. The van der Waals surface area contributed by atoms with Crippen LogP contribution in [0.1, 0.15) is 40.0 Å². The van der Waals surface area contributed by atoms with Gasteiger partial charge in [-0.3, -0.25) is 9.36 Å². The predicted molar refractivity (Wildman–Crippen MR) is 82.8 cm³/mol. The minimum absolute atomic E-state index is 0.208. The summed E-state index contributed by atoms with van der Waals surface area (Å²) in [5.41, 5.74) is -1.10. The van der Waals surface area contributed by atoms with Crippen molar-refractivity contribution in [1.82, 2.24) is 20.1 Å². The molecule has 0 aliphatic rings. The van der Waals surface area contributed by atoms with E-state index in [1.807, 2.05) is 13.8 Å². The predicted octanol–water partition coefficient (Wildman–Crippen LogP) is 1.31. The molecule has 0 aromatic carbocycles. The van der Waals surface area contributed by atoms with Crippen LogP contribution in [-0.2, 0) is 11.3 Å². The number of hydrogen-bond donors (Lipinski definition) is 3. The van der Waals surface area contributed by atoms with Gasteiger partial charge >= 0.3 is 11.7 Å². The number of carbonyl (C=O) groups is 1. The minimum Gasteiger partial charge on any atom is -0.480 e. The summed E-state index contributed by atoms with van der Waals surface area (Å²) >= 11 is 1.47. The van der Waals surface area contributed by atoms with Crippen molar-refractivity contribution in [3.05, 3.63) is 10.5 Å². The number of thioether (sulfide) groups is 1. The molecule has 1 unspecified atom stereocenters. The maximum atomic E-state index is 11.4. The van der Waals surface area contributed by atoms with E-state index in [-0.39, 0.29) is 5.69 Å². The number of hydrogen-bond acceptors (Lipinski definition) is 5. The molecular weight excluding hydrogens is 292 g/mol. The zero-order valence-electron chi connectivity index (χ0n) is 12.8. The van der Waals surface area contributed by atoms with Gasteiger partial charge in [-0.1, -0.05) is 18.7 Å². The molecule has 0 saturated heterocycles. The number of aliphatic carboxylic acids is 1. The van der Waals surface area contributed by atoms with Gasteiger partial charge in [0.05, 0.1) is 0 Å². The van der Waals surface area contributed by atoms with E-state index >= 15 is 0 Å². The summed E-state index contributed by atoms with van der Waals surface area (Å²) in [5, 5.41) is 19.5. The average Bonchev–Trinajstić information content (AvgIpc) is 2.81. The summed E-state index contributed by atoms with van der Waals surface area (Å²) in [6, 6.07) is 0.